The molecule has 0 atom stereocenters. The highest BCUT2D eigenvalue weighted by Gasteiger charge is 2.26. The molecular weight excluding hydrogens is 423 g/mol. The maximum absolute atomic E-state index is 14.8. The van der Waals surface area contributed by atoms with Gasteiger partial charge in [0.25, 0.3) is 5.78 Å². The minimum atomic E-state index is -0.547. The number of anilines is 1. The number of fused-ring (bicyclic) bond motifs is 2. The molecule has 0 radical (unpaired) electrons. The molecule has 6 rings (SSSR count). The van der Waals surface area contributed by atoms with Crippen LogP contribution in [0.3, 0.4) is 0 Å². The molecule has 9 heteroatoms. The van der Waals surface area contributed by atoms with Crippen molar-refractivity contribution in [3.8, 4) is 11.3 Å². The van der Waals surface area contributed by atoms with Gasteiger partial charge < -0.3 is 4.74 Å². The van der Waals surface area contributed by atoms with Crippen LogP contribution >= 0.6 is 0 Å². The number of benzene rings is 2. The molecular formula is C24H17FN6O2. The number of hydrogen-bond acceptors (Lipinski definition) is 6. The fourth-order valence-electron chi connectivity index (χ4n) is 4.07. The number of amides is 1. The third-order valence-electron chi connectivity index (χ3n) is 5.68. The van der Waals surface area contributed by atoms with Crippen LogP contribution in [0, 0.1) is 5.82 Å². The zero-order valence-corrected chi connectivity index (χ0v) is 17.3. The molecule has 0 unspecified atom stereocenters. The average Bonchev–Trinajstić information content (AvgIpc) is 3.45. The van der Waals surface area contributed by atoms with E-state index in [4.69, 9.17) is 4.74 Å². The number of hydrogen-bond donors (Lipinski definition) is 0. The van der Waals surface area contributed by atoms with Gasteiger partial charge in [0.1, 0.15) is 18.1 Å². The van der Waals surface area contributed by atoms with Crippen molar-refractivity contribution < 1.29 is 13.9 Å². The monoisotopic (exact) mass is 440 g/mol. The van der Waals surface area contributed by atoms with E-state index in [0.717, 1.165) is 22.2 Å². The summed E-state index contributed by atoms with van der Waals surface area (Å²) in [6, 6.07) is 14.6. The first-order valence-corrected chi connectivity index (χ1v) is 10.4. The maximum Gasteiger partial charge on any atom is 0.414 e. The zero-order chi connectivity index (χ0) is 22.4. The zero-order valence-electron chi connectivity index (χ0n) is 17.3. The number of carbonyl (C=O) groups is 1. The van der Waals surface area contributed by atoms with E-state index in [-0.39, 0.29) is 12.3 Å². The second-order valence-corrected chi connectivity index (χ2v) is 7.71. The minimum Gasteiger partial charge on any atom is -0.447 e. The molecule has 33 heavy (non-hydrogen) atoms. The van der Waals surface area contributed by atoms with E-state index in [0.29, 0.717) is 30.0 Å². The van der Waals surface area contributed by atoms with Gasteiger partial charge in [0.2, 0.25) is 0 Å². The summed E-state index contributed by atoms with van der Waals surface area (Å²) < 4.78 is 21.4. The van der Waals surface area contributed by atoms with Crippen LogP contribution in [0.2, 0.25) is 0 Å². The summed E-state index contributed by atoms with van der Waals surface area (Å²) >= 11 is 0. The Hall–Kier alpha value is -4.40. The molecule has 1 aliphatic heterocycles. The van der Waals surface area contributed by atoms with E-state index in [9.17, 15) is 9.18 Å². The number of ether oxygens (including phenoxy) is 1. The highest BCUT2D eigenvalue weighted by atomic mass is 19.1. The number of cyclic esters (lactones) is 1. The molecule has 4 heterocycles. The molecule has 0 aliphatic carbocycles. The normalized spacial score (nSPS) is 13.7. The van der Waals surface area contributed by atoms with Gasteiger partial charge in [-0.25, -0.2) is 23.7 Å². The van der Waals surface area contributed by atoms with Gasteiger partial charge in [0, 0.05) is 23.6 Å². The second-order valence-electron chi connectivity index (χ2n) is 7.71. The molecule has 1 fully saturated rings. The number of para-hydroxylation sites is 1. The second kappa shape index (κ2) is 7.63. The van der Waals surface area contributed by atoms with Crippen LogP contribution in [0.25, 0.3) is 27.9 Å². The van der Waals surface area contributed by atoms with Crippen molar-refractivity contribution in [3.63, 3.8) is 0 Å². The predicted octanol–water partition coefficient (Wildman–Crippen LogP) is 4.03. The molecule has 0 spiro atoms. The summed E-state index contributed by atoms with van der Waals surface area (Å²) in [6.45, 7) is 0.570. The molecule has 0 N–H and O–H groups in total. The first kappa shape index (κ1) is 19.3. The quantitative estimate of drug-likeness (QED) is 0.420. The number of pyridine rings is 1. The fraction of sp³-hybridized carbons (Fsp3) is 0.125. The molecule has 1 aliphatic rings. The van der Waals surface area contributed by atoms with Crippen LogP contribution in [0.15, 0.2) is 67.1 Å². The van der Waals surface area contributed by atoms with E-state index in [1.54, 1.807) is 35.2 Å². The molecule has 162 valence electrons. The molecule has 8 nitrogen and oxygen atoms in total. The van der Waals surface area contributed by atoms with Crippen molar-refractivity contribution in [1.29, 1.82) is 0 Å². The lowest BCUT2D eigenvalue weighted by Crippen LogP contribution is -2.24. The number of imidazole rings is 1. The van der Waals surface area contributed by atoms with Gasteiger partial charge >= 0.3 is 6.09 Å². The lowest BCUT2D eigenvalue weighted by atomic mass is 10.1. The first-order chi connectivity index (χ1) is 16.2. The Labute approximate surface area is 187 Å². The smallest absolute Gasteiger partial charge is 0.414 e. The van der Waals surface area contributed by atoms with Crippen LogP contribution in [0.1, 0.15) is 11.3 Å². The lowest BCUT2D eigenvalue weighted by molar-refractivity contribution is 0.181. The Bertz CT molecular complexity index is 1530. The summed E-state index contributed by atoms with van der Waals surface area (Å²) in [7, 11) is 0. The Morgan fingerprint density at radius 2 is 1.91 bits per heavy atom. The number of nitrogens with zero attached hydrogens (tertiary/aromatic N) is 6. The summed E-state index contributed by atoms with van der Waals surface area (Å²) in [5, 5.41) is 5.73. The molecule has 0 saturated carbocycles. The third kappa shape index (κ3) is 3.34. The van der Waals surface area contributed by atoms with Crippen LogP contribution in [-0.2, 0) is 11.2 Å². The SMILES string of the molecule is O=C1OCCN1c1ccc(-c2cnc3ncc(Cc4cccc5cccnc45)n3n2)cc1F. The number of aromatic nitrogens is 5. The molecule has 1 amide bonds. The molecule has 3 aromatic heterocycles. The summed E-state index contributed by atoms with van der Waals surface area (Å²) in [4.78, 5) is 26.3. The van der Waals surface area contributed by atoms with Crippen LogP contribution in [0.4, 0.5) is 14.9 Å². The maximum atomic E-state index is 14.8. The van der Waals surface area contributed by atoms with E-state index < -0.39 is 11.9 Å². The van der Waals surface area contributed by atoms with Gasteiger partial charge in [0.15, 0.2) is 0 Å². The van der Waals surface area contributed by atoms with E-state index in [1.165, 1.54) is 11.0 Å². The van der Waals surface area contributed by atoms with Crippen molar-refractivity contribution >= 4 is 28.5 Å². The third-order valence-corrected chi connectivity index (χ3v) is 5.68. The van der Waals surface area contributed by atoms with E-state index >= 15 is 0 Å². The highest BCUT2D eigenvalue weighted by Crippen LogP contribution is 2.27. The Balaban J connectivity index is 1.37. The first-order valence-electron chi connectivity index (χ1n) is 10.4. The van der Waals surface area contributed by atoms with Gasteiger partial charge in [-0.3, -0.25) is 9.88 Å². The predicted molar refractivity (Wildman–Crippen MR) is 119 cm³/mol. The Morgan fingerprint density at radius 3 is 2.76 bits per heavy atom. The van der Waals surface area contributed by atoms with Crippen molar-refractivity contribution in [1.82, 2.24) is 24.6 Å². The molecule has 1 saturated heterocycles. The van der Waals surface area contributed by atoms with Gasteiger partial charge in [-0.1, -0.05) is 30.3 Å². The van der Waals surface area contributed by atoms with Crippen LogP contribution in [-0.4, -0.2) is 43.8 Å². The summed E-state index contributed by atoms with van der Waals surface area (Å²) in [5.41, 5.74) is 4.04. The van der Waals surface area contributed by atoms with Crippen molar-refractivity contribution in [2.75, 3.05) is 18.1 Å². The number of carbonyl (C=O) groups excluding carboxylic acids is 1. The van der Waals surface area contributed by atoms with Crippen molar-refractivity contribution in [2.24, 2.45) is 0 Å². The standard InChI is InChI=1S/C24H17FN6O2/c25-19-12-16(6-7-21(19)30-9-10-33-24(30)32)20-14-28-23-27-13-18(31(23)29-20)11-17-4-1-3-15-5-2-8-26-22(15)17/h1-8,12-14H,9-11H2. The van der Waals surface area contributed by atoms with Crippen molar-refractivity contribution in [2.45, 2.75) is 6.42 Å². The molecule has 0 bridgehead atoms. The van der Waals surface area contributed by atoms with Gasteiger partial charge in [-0.2, -0.15) is 5.10 Å². The topological polar surface area (TPSA) is 85.5 Å². The van der Waals surface area contributed by atoms with Crippen LogP contribution in [0.5, 0.6) is 0 Å². The molecule has 5 aromatic rings. The average molecular weight is 440 g/mol. The number of halogens is 1. The fourth-order valence-corrected chi connectivity index (χ4v) is 4.07. The van der Waals surface area contributed by atoms with Gasteiger partial charge in [-0.05, 0) is 23.8 Å². The van der Waals surface area contributed by atoms with Gasteiger partial charge in [-0.15, -0.1) is 0 Å². The lowest BCUT2D eigenvalue weighted by Gasteiger charge is -2.14. The van der Waals surface area contributed by atoms with E-state index in [2.05, 4.69) is 20.1 Å². The summed E-state index contributed by atoms with van der Waals surface area (Å²) in [6.07, 6.45) is 5.10. The van der Waals surface area contributed by atoms with E-state index in [1.807, 2.05) is 30.3 Å². The van der Waals surface area contributed by atoms with Crippen molar-refractivity contribution in [3.05, 3.63) is 84.2 Å². The molecule has 2 aromatic carbocycles. The van der Waals surface area contributed by atoms with Gasteiger partial charge in [0.05, 0.1) is 35.8 Å². The minimum absolute atomic E-state index is 0.182. The number of rotatable bonds is 4. The summed E-state index contributed by atoms with van der Waals surface area (Å²) in [5.74, 6) is -0.0696. The van der Waals surface area contributed by atoms with Crippen LogP contribution < -0.4 is 4.90 Å². The highest BCUT2D eigenvalue weighted by molar-refractivity contribution is 5.89. The largest absolute Gasteiger partial charge is 0.447 e. The Morgan fingerprint density at radius 1 is 1.03 bits per heavy atom. The Kier molecular flexibility index (Phi) is 4.46.